The number of benzene rings is 1. The molecule has 19 heavy (non-hydrogen) atoms. The molecule has 0 atom stereocenters. The Labute approximate surface area is 119 Å². The minimum Gasteiger partial charge on any atom is -0.387 e. The molecule has 4 nitrogen and oxygen atoms in total. The maximum atomic E-state index is 12.4. The third kappa shape index (κ3) is 3.07. The Hall–Kier alpha value is -0.720. The average molecular weight is 300 g/mol. The Bertz CT molecular complexity index is 534. The minimum atomic E-state index is -3.45. The van der Waals surface area contributed by atoms with Crippen molar-refractivity contribution in [3.63, 3.8) is 0 Å². The molecule has 1 aliphatic rings. The van der Waals surface area contributed by atoms with Crippen molar-refractivity contribution in [3.05, 3.63) is 24.3 Å². The first-order chi connectivity index (χ1) is 9.03. The summed E-state index contributed by atoms with van der Waals surface area (Å²) in [5.74, 6) is 0. The molecule has 2 rings (SSSR count). The second-order valence-corrected chi connectivity index (χ2v) is 7.82. The highest BCUT2D eigenvalue weighted by atomic mass is 32.2. The third-order valence-electron chi connectivity index (χ3n) is 3.73. The zero-order valence-electron chi connectivity index (χ0n) is 11.3. The Morgan fingerprint density at radius 1 is 1.32 bits per heavy atom. The standard InChI is InChI=1S/C13H20N2O2S2/c1-14-11-6-3-4-7-12(11)19(16,17)15-10-13(18-2)8-5-9-13/h3-4,6-7,14-15H,5,8-10H2,1-2H3. The number of para-hydroxylation sites is 1. The van der Waals surface area contributed by atoms with E-state index in [4.69, 9.17) is 0 Å². The molecule has 0 heterocycles. The number of sulfonamides is 1. The van der Waals surface area contributed by atoms with Crippen LogP contribution in [-0.4, -0.2) is 33.0 Å². The number of anilines is 1. The Kier molecular flexibility index (Phi) is 4.43. The van der Waals surface area contributed by atoms with Crippen molar-refractivity contribution in [3.8, 4) is 0 Å². The molecule has 0 spiro atoms. The maximum Gasteiger partial charge on any atom is 0.242 e. The molecule has 0 saturated heterocycles. The molecular weight excluding hydrogens is 280 g/mol. The van der Waals surface area contributed by atoms with E-state index in [0.29, 0.717) is 17.1 Å². The smallest absolute Gasteiger partial charge is 0.242 e. The summed E-state index contributed by atoms with van der Waals surface area (Å²) in [7, 11) is -1.72. The SMILES string of the molecule is CNc1ccccc1S(=O)(=O)NCC1(SC)CCC1. The summed E-state index contributed by atoms with van der Waals surface area (Å²) in [5, 5.41) is 2.92. The first kappa shape index (κ1) is 14.7. The van der Waals surface area contributed by atoms with Gasteiger partial charge in [-0.1, -0.05) is 18.6 Å². The van der Waals surface area contributed by atoms with E-state index in [1.165, 1.54) is 6.42 Å². The van der Waals surface area contributed by atoms with E-state index >= 15 is 0 Å². The summed E-state index contributed by atoms with van der Waals surface area (Å²) in [6.07, 6.45) is 5.42. The number of thioether (sulfide) groups is 1. The Balaban J connectivity index is 2.14. The lowest BCUT2D eigenvalue weighted by molar-refractivity contribution is 0.362. The lowest BCUT2D eigenvalue weighted by Gasteiger charge is -2.40. The van der Waals surface area contributed by atoms with Crippen LogP contribution in [0.1, 0.15) is 19.3 Å². The van der Waals surface area contributed by atoms with Crippen LogP contribution in [-0.2, 0) is 10.0 Å². The minimum absolute atomic E-state index is 0.0989. The van der Waals surface area contributed by atoms with Gasteiger partial charge in [-0.05, 0) is 31.2 Å². The molecule has 0 aromatic heterocycles. The van der Waals surface area contributed by atoms with Crippen LogP contribution in [0.25, 0.3) is 0 Å². The molecule has 1 aromatic carbocycles. The van der Waals surface area contributed by atoms with Crippen LogP contribution in [0.5, 0.6) is 0 Å². The number of hydrogen-bond acceptors (Lipinski definition) is 4. The van der Waals surface area contributed by atoms with Crippen molar-refractivity contribution in [2.45, 2.75) is 28.9 Å². The summed E-state index contributed by atoms with van der Waals surface area (Å²) in [4.78, 5) is 0.313. The van der Waals surface area contributed by atoms with Crippen LogP contribution in [0.15, 0.2) is 29.2 Å². The van der Waals surface area contributed by atoms with Crippen molar-refractivity contribution < 1.29 is 8.42 Å². The van der Waals surface area contributed by atoms with E-state index in [2.05, 4.69) is 16.3 Å². The van der Waals surface area contributed by atoms with Gasteiger partial charge in [-0.25, -0.2) is 13.1 Å². The first-order valence-corrected chi connectivity index (χ1v) is 9.05. The second-order valence-electron chi connectivity index (χ2n) is 4.81. The fourth-order valence-corrected chi connectivity index (χ4v) is 4.58. The average Bonchev–Trinajstić information content (AvgIpc) is 2.38. The summed E-state index contributed by atoms with van der Waals surface area (Å²) >= 11 is 1.76. The molecule has 1 aliphatic carbocycles. The van der Waals surface area contributed by atoms with Gasteiger partial charge in [0, 0.05) is 18.3 Å². The van der Waals surface area contributed by atoms with Crippen LogP contribution < -0.4 is 10.0 Å². The molecule has 6 heteroatoms. The number of hydrogen-bond donors (Lipinski definition) is 2. The van der Waals surface area contributed by atoms with E-state index in [1.54, 1.807) is 37.0 Å². The quantitative estimate of drug-likeness (QED) is 0.846. The van der Waals surface area contributed by atoms with Gasteiger partial charge < -0.3 is 5.32 Å². The topological polar surface area (TPSA) is 58.2 Å². The highest BCUT2D eigenvalue weighted by Gasteiger charge is 2.37. The lowest BCUT2D eigenvalue weighted by Crippen LogP contribution is -2.45. The highest BCUT2D eigenvalue weighted by molar-refractivity contribution is 8.00. The van der Waals surface area contributed by atoms with Gasteiger partial charge in [-0.15, -0.1) is 0 Å². The molecule has 106 valence electrons. The first-order valence-electron chi connectivity index (χ1n) is 6.35. The lowest BCUT2D eigenvalue weighted by atomic mass is 9.84. The molecule has 0 aliphatic heterocycles. The number of rotatable bonds is 6. The molecule has 1 aromatic rings. The van der Waals surface area contributed by atoms with Gasteiger partial charge in [0.1, 0.15) is 4.90 Å². The summed E-state index contributed by atoms with van der Waals surface area (Å²) in [5.41, 5.74) is 0.627. The van der Waals surface area contributed by atoms with E-state index in [9.17, 15) is 8.42 Å². The molecule has 2 N–H and O–H groups in total. The van der Waals surface area contributed by atoms with Gasteiger partial charge in [0.05, 0.1) is 5.69 Å². The highest BCUT2D eigenvalue weighted by Crippen LogP contribution is 2.42. The normalized spacial score (nSPS) is 17.8. The fraction of sp³-hybridized carbons (Fsp3) is 0.538. The van der Waals surface area contributed by atoms with Gasteiger partial charge in [-0.3, -0.25) is 0 Å². The van der Waals surface area contributed by atoms with Crippen LogP contribution in [0.3, 0.4) is 0 Å². The Morgan fingerprint density at radius 2 is 2.00 bits per heavy atom. The summed E-state index contributed by atoms with van der Waals surface area (Å²) in [6.45, 7) is 0.508. The van der Waals surface area contributed by atoms with Crippen molar-refractivity contribution in [1.82, 2.24) is 4.72 Å². The predicted octanol–water partition coefficient (Wildman–Crippen LogP) is 2.29. The van der Waals surface area contributed by atoms with Crippen LogP contribution in [0.4, 0.5) is 5.69 Å². The van der Waals surface area contributed by atoms with E-state index in [-0.39, 0.29) is 4.75 Å². The predicted molar refractivity (Wildman–Crippen MR) is 81.3 cm³/mol. The fourth-order valence-electron chi connectivity index (χ4n) is 2.24. The molecule has 0 amide bonds. The molecule has 1 saturated carbocycles. The van der Waals surface area contributed by atoms with Gasteiger partial charge in [-0.2, -0.15) is 11.8 Å². The molecule has 0 unspecified atom stereocenters. The van der Waals surface area contributed by atoms with Crippen molar-refractivity contribution in [2.75, 3.05) is 25.2 Å². The van der Waals surface area contributed by atoms with E-state index < -0.39 is 10.0 Å². The van der Waals surface area contributed by atoms with Crippen molar-refractivity contribution in [2.24, 2.45) is 0 Å². The molecule has 0 radical (unpaired) electrons. The maximum absolute atomic E-state index is 12.4. The summed E-state index contributed by atoms with van der Waals surface area (Å²) in [6, 6.07) is 6.95. The van der Waals surface area contributed by atoms with Gasteiger partial charge in [0.15, 0.2) is 0 Å². The molecule has 0 bridgehead atoms. The van der Waals surface area contributed by atoms with Crippen LogP contribution >= 0.6 is 11.8 Å². The van der Waals surface area contributed by atoms with Gasteiger partial charge in [0.2, 0.25) is 10.0 Å². The van der Waals surface area contributed by atoms with Crippen LogP contribution in [0.2, 0.25) is 0 Å². The van der Waals surface area contributed by atoms with Crippen molar-refractivity contribution in [1.29, 1.82) is 0 Å². The summed E-state index contributed by atoms with van der Waals surface area (Å²) < 4.78 is 27.6. The third-order valence-corrected chi connectivity index (χ3v) is 6.61. The van der Waals surface area contributed by atoms with Crippen molar-refractivity contribution >= 4 is 27.5 Å². The van der Waals surface area contributed by atoms with E-state index in [1.807, 2.05) is 6.07 Å². The molecular formula is C13H20N2O2S2. The second kappa shape index (κ2) is 5.73. The monoisotopic (exact) mass is 300 g/mol. The Morgan fingerprint density at radius 3 is 2.53 bits per heavy atom. The zero-order chi connectivity index (χ0) is 13.9. The van der Waals surface area contributed by atoms with E-state index in [0.717, 1.165) is 12.8 Å². The molecule has 1 fully saturated rings. The van der Waals surface area contributed by atoms with Crippen LogP contribution in [0, 0.1) is 0 Å². The largest absolute Gasteiger partial charge is 0.387 e. The zero-order valence-corrected chi connectivity index (χ0v) is 12.9. The van der Waals surface area contributed by atoms with Gasteiger partial charge >= 0.3 is 0 Å². The van der Waals surface area contributed by atoms with Gasteiger partial charge in [0.25, 0.3) is 0 Å². The number of nitrogens with one attached hydrogen (secondary N) is 2.